The molecule has 1 amide bonds. The van der Waals surface area contributed by atoms with Gasteiger partial charge in [0.05, 0.1) is 5.69 Å². The van der Waals surface area contributed by atoms with E-state index in [0.29, 0.717) is 30.3 Å². The number of fused-ring (bicyclic) bond motifs is 1. The molecule has 170 valence electrons. The number of carbonyl (C=O) groups is 1. The molecule has 4 rings (SSSR count). The molecular formula is C24H30N4O3S. The minimum absolute atomic E-state index is 0.000854. The van der Waals surface area contributed by atoms with Crippen LogP contribution in [0.25, 0.3) is 4.96 Å². The summed E-state index contributed by atoms with van der Waals surface area (Å²) in [4.78, 5) is 34.4. The van der Waals surface area contributed by atoms with Crippen molar-refractivity contribution in [1.29, 1.82) is 0 Å². The first-order chi connectivity index (χ1) is 15.2. The maximum atomic E-state index is 12.9. The Kier molecular flexibility index (Phi) is 6.35. The number of piperazine rings is 1. The zero-order valence-electron chi connectivity index (χ0n) is 19.1. The first-order valence-electron chi connectivity index (χ1n) is 10.9. The summed E-state index contributed by atoms with van der Waals surface area (Å²) in [5.41, 5.74) is 2.03. The fourth-order valence-corrected chi connectivity index (χ4v) is 4.61. The Morgan fingerprint density at radius 2 is 1.84 bits per heavy atom. The number of hydrogen-bond donors (Lipinski definition) is 0. The van der Waals surface area contributed by atoms with Crippen LogP contribution in [0.4, 0.5) is 0 Å². The number of ether oxygens (including phenoxy) is 1. The zero-order chi connectivity index (χ0) is 22.9. The largest absolute Gasteiger partial charge is 0.481 e. The second kappa shape index (κ2) is 9.03. The molecule has 0 radical (unpaired) electrons. The van der Waals surface area contributed by atoms with E-state index in [1.54, 1.807) is 23.6 Å². The number of nitrogens with zero attached hydrogens (tertiary/aromatic N) is 4. The fourth-order valence-electron chi connectivity index (χ4n) is 3.87. The molecule has 7 nitrogen and oxygen atoms in total. The summed E-state index contributed by atoms with van der Waals surface area (Å²) in [6, 6.07) is 9.57. The molecule has 1 aromatic carbocycles. The Morgan fingerprint density at radius 1 is 1.16 bits per heavy atom. The van der Waals surface area contributed by atoms with Gasteiger partial charge in [-0.3, -0.25) is 18.9 Å². The third-order valence-electron chi connectivity index (χ3n) is 5.81. The van der Waals surface area contributed by atoms with E-state index >= 15 is 0 Å². The van der Waals surface area contributed by atoms with Crippen molar-refractivity contribution in [3.8, 4) is 5.75 Å². The van der Waals surface area contributed by atoms with Crippen molar-refractivity contribution in [1.82, 2.24) is 19.2 Å². The minimum atomic E-state index is -0.537. The lowest BCUT2D eigenvalue weighted by atomic mass is 9.87. The number of carbonyl (C=O) groups excluding carboxylic acids is 1. The Labute approximate surface area is 192 Å². The first kappa shape index (κ1) is 22.5. The number of aromatic nitrogens is 2. The fraction of sp³-hybridized carbons (Fsp3) is 0.458. The third kappa shape index (κ3) is 5.02. The predicted octanol–water partition coefficient (Wildman–Crippen LogP) is 3.17. The van der Waals surface area contributed by atoms with E-state index in [4.69, 9.17) is 4.74 Å². The average molecular weight is 455 g/mol. The summed E-state index contributed by atoms with van der Waals surface area (Å²) in [5, 5.41) is 1.86. The molecule has 0 unspecified atom stereocenters. The highest BCUT2D eigenvalue weighted by molar-refractivity contribution is 7.15. The molecule has 1 saturated heterocycles. The van der Waals surface area contributed by atoms with Crippen molar-refractivity contribution < 1.29 is 9.53 Å². The molecule has 0 aliphatic carbocycles. The van der Waals surface area contributed by atoms with Gasteiger partial charge in [-0.1, -0.05) is 32.9 Å². The van der Waals surface area contributed by atoms with E-state index in [1.165, 1.54) is 16.9 Å². The van der Waals surface area contributed by atoms with E-state index in [0.717, 1.165) is 18.8 Å². The molecule has 0 spiro atoms. The van der Waals surface area contributed by atoms with E-state index in [1.807, 2.05) is 22.4 Å². The molecule has 1 atom stereocenters. The molecule has 1 fully saturated rings. The van der Waals surface area contributed by atoms with Crippen LogP contribution in [0.1, 0.15) is 39.0 Å². The topological polar surface area (TPSA) is 67.2 Å². The third-order valence-corrected chi connectivity index (χ3v) is 6.56. The summed E-state index contributed by atoms with van der Waals surface area (Å²) in [7, 11) is 0. The van der Waals surface area contributed by atoms with Gasteiger partial charge in [0.25, 0.3) is 11.5 Å². The normalized spacial score (nSPS) is 16.3. The lowest BCUT2D eigenvalue weighted by Crippen LogP contribution is -2.51. The Balaban J connectivity index is 1.30. The maximum Gasteiger partial charge on any atom is 0.263 e. The van der Waals surface area contributed by atoms with E-state index in [2.05, 4.69) is 42.8 Å². The van der Waals surface area contributed by atoms with Crippen LogP contribution in [0.5, 0.6) is 5.75 Å². The van der Waals surface area contributed by atoms with E-state index in [9.17, 15) is 9.59 Å². The second-order valence-corrected chi connectivity index (χ2v) is 10.2. The number of benzene rings is 1. The molecule has 0 bridgehead atoms. The number of hydrogen-bond acceptors (Lipinski definition) is 6. The molecule has 3 aromatic rings. The number of rotatable bonds is 5. The molecule has 3 heterocycles. The predicted molar refractivity (Wildman–Crippen MR) is 126 cm³/mol. The Morgan fingerprint density at radius 3 is 2.50 bits per heavy atom. The molecule has 1 aliphatic heterocycles. The summed E-state index contributed by atoms with van der Waals surface area (Å²) in [6.07, 6.45) is 1.20. The molecule has 8 heteroatoms. The smallest absolute Gasteiger partial charge is 0.263 e. The summed E-state index contributed by atoms with van der Waals surface area (Å²) in [5.74, 6) is 0.708. The molecule has 2 aromatic heterocycles. The van der Waals surface area contributed by atoms with Crippen molar-refractivity contribution in [2.24, 2.45) is 0 Å². The van der Waals surface area contributed by atoms with Gasteiger partial charge in [-0.2, -0.15) is 0 Å². The second-order valence-electron chi connectivity index (χ2n) is 9.28. The lowest BCUT2D eigenvalue weighted by Gasteiger charge is -2.35. The van der Waals surface area contributed by atoms with Crippen LogP contribution in [-0.4, -0.2) is 57.4 Å². The molecule has 0 N–H and O–H groups in total. The van der Waals surface area contributed by atoms with Crippen LogP contribution in [0.3, 0.4) is 0 Å². The monoisotopic (exact) mass is 454 g/mol. The minimum Gasteiger partial charge on any atom is -0.481 e. The Bertz CT molecular complexity index is 1140. The summed E-state index contributed by atoms with van der Waals surface area (Å²) >= 11 is 1.45. The summed E-state index contributed by atoms with van der Waals surface area (Å²) < 4.78 is 7.47. The molecule has 32 heavy (non-hydrogen) atoms. The standard InChI is InChI=1S/C24H30N4O3S/c1-17(31-20-7-5-18(6-8-20)24(2,3)4)22(30)27-11-9-26(10-12-27)16-19-15-21(29)28-13-14-32-23(28)25-19/h5-8,13-15,17H,9-12,16H2,1-4H3/t17-/m1/s1. The van der Waals surface area contributed by atoms with Crippen LogP contribution in [-0.2, 0) is 16.8 Å². The van der Waals surface area contributed by atoms with Crippen LogP contribution in [0.15, 0.2) is 46.7 Å². The zero-order valence-corrected chi connectivity index (χ0v) is 19.9. The molecule has 1 aliphatic rings. The SMILES string of the molecule is C[C@@H](Oc1ccc(C(C)(C)C)cc1)C(=O)N1CCN(Cc2cc(=O)n3ccsc3n2)CC1. The highest BCUT2D eigenvalue weighted by atomic mass is 32.1. The average Bonchev–Trinajstić information content (AvgIpc) is 3.23. The van der Waals surface area contributed by atoms with Gasteiger partial charge in [-0.15, -0.1) is 11.3 Å². The highest BCUT2D eigenvalue weighted by Gasteiger charge is 2.26. The van der Waals surface area contributed by atoms with Crippen LogP contribution in [0.2, 0.25) is 0 Å². The van der Waals surface area contributed by atoms with Gasteiger partial charge in [0.15, 0.2) is 11.1 Å². The number of thiazole rings is 1. The van der Waals surface area contributed by atoms with Crippen molar-refractivity contribution in [2.75, 3.05) is 26.2 Å². The molecule has 0 saturated carbocycles. The summed E-state index contributed by atoms with van der Waals surface area (Å²) in [6.45, 7) is 11.7. The van der Waals surface area contributed by atoms with Crippen molar-refractivity contribution >= 4 is 22.2 Å². The van der Waals surface area contributed by atoms with Gasteiger partial charge >= 0.3 is 0 Å². The van der Waals surface area contributed by atoms with E-state index < -0.39 is 6.10 Å². The molecular weight excluding hydrogens is 424 g/mol. The van der Waals surface area contributed by atoms with Gasteiger partial charge in [0, 0.05) is 50.4 Å². The van der Waals surface area contributed by atoms with Gasteiger partial charge in [-0.25, -0.2) is 4.98 Å². The van der Waals surface area contributed by atoms with Crippen molar-refractivity contribution in [3.63, 3.8) is 0 Å². The Hall–Kier alpha value is -2.71. The van der Waals surface area contributed by atoms with Crippen molar-refractivity contribution in [3.05, 3.63) is 63.5 Å². The van der Waals surface area contributed by atoms with E-state index in [-0.39, 0.29) is 16.9 Å². The van der Waals surface area contributed by atoms with Gasteiger partial charge in [-0.05, 0) is 30.0 Å². The van der Waals surface area contributed by atoms with Crippen LogP contribution < -0.4 is 10.3 Å². The first-order valence-corrected chi connectivity index (χ1v) is 11.8. The van der Waals surface area contributed by atoms with Gasteiger partial charge in [0.2, 0.25) is 0 Å². The van der Waals surface area contributed by atoms with Gasteiger partial charge < -0.3 is 9.64 Å². The number of amides is 1. The van der Waals surface area contributed by atoms with Crippen LogP contribution >= 0.6 is 11.3 Å². The quantitative estimate of drug-likeness (QED) is 0.592. The maximum absolute atomic E-state index is 12.9. The van der Waals surface area contributed by atoms with Crippen LogP contribution in [0, 0.1) is 0 Å². The van der Waals surface area contributed by atoms with Gasteiger partial charge in [0.1, 0.15) is 5.75 Å². The highest BCUT2D eigenvalue weighted by Crippen LogP contribution is 2.25. The van der Waals surface area contributed by atoms with Crippen molar-refractivity contribution in [2.45, 2.75) is 45.8 Å². The lowest BCUT2D eigenvalue weighted by molar-refractivity contribution is -0.139.